The molecule has 0 saturated carbocycles. The van der Waals surface area contributed by atoms with Crippen LogP contribution in [0.1, 0.15) is 0 Å². The van der Waals surface area contributed by atoms with Gasteiger partial charge in [-0.25, -0.2) is 0 Å². The van der Waals surface area contributed by atoms with Gasteiger partial charge in [0, 0.05) is 11.8 Å². The highest BCUT2D eigenvalue weighted by Gasteiger charge is 2.02. The van der Waals surface area contributed by atoms with Gasteiger partial charge in [-0.15, -0.1) is 0 Å². The minimum Gasteiger partial charge on any atom is -0.263 e. The van der Waals surface area contributed by atoms with Gasteiger partial charge in [-0.05, 0) is 15.9 Å². The number of hydrogen-bond acceptors (Lipinski definition) is 2. The van der Waals surface area contributed by atoms with Crippen LogP contribution in [-0.4, -0.2) is 9.87 Å². The average molecular weight is 153 g/mol. The van der Waals surface area contributed by atoms with Gasteiger partial charge in [0.1, 0.15) is 0 Å². The molecule has 0 N–H and O–H groups in total. The summed E-state index contributed by atoms with van der Waals surface area (Å²) in [5, 5.41) is 9.40. The van der Waals surface area contributed by atoms with Crippen molar-refractivity contribution in [1.82, 2.24) is 0 Å². The van der Waals surface area contributed by atoms with Crippen molar-refractivity contribution in [2.45, 2.75) is 4.95 Å². The molecule has 0 aromatic carbocycles. The monoisotopic (exact) mass is 152 g/mol. The van der Waals surface area contributed by atoms with Crippen LogP contribution in [0.4, 0.5) is 0 Å². The molecule has 0 rings (SSSR count). The van der Waals surface area contributed by atoms with E-state index in [1.165, 1.54) is 0 Å². The van der Waals surface area contributed by atoms with Gasteiger partial charge in [0.25, 0.3) is 4.95 Å². The second-order valence-electron chi connectivity index (χ2n) is 0.720. The number of nitro groups is 1. The van der Waals surface area contributed by atoms with Gasteiger partial charge < -0.3 is 0 Å². The molecule has 0 aliphatic carbocycles. The Labute approximate surface area is 43.6 Å². The first kappa shape index (κ1) is 5.88. The molecule has 0 saturated heterocycles. The molecule has 1 atom stereocenters. The van der Waals surface area contributed by atoms with E-state index < -0.39 is 9.87 Å². The molecule has 35 valence electrons. The smallest absolute Gasteiger partial charge is 0.263 e. The standard InChI is InChI=1S/C2H3BrNO2/c1-2(3)4(5)6/h2H,1H2. The Bertz CT molecular complexity index is 62.6. The summed E-state index contributed by atoms with van der Waals surface area (Å²) in [6.45, 7) is 3.06. The summed E-state index contributed by atoms with van der Waals surface area (Å²) in [6, 6.07) is 0. The van der Waals surface area contributed by atoms with Crippen LogP contribution < -0.4 is 0 Å². The Balaban J connectivity index is 3.26. The highest BCUT2D eigenvalue weighted by Crippen LogP contribution is 1.93. The summed E-state index contributed by atoms with van der Waals surface area (Å²) < 4.78 is 0. The summed E-state index contributed by atoms with van der Waals surface area (Å²) in [7, 11) is 0. The molecule has 4 heteroatoms. The predicted octanol–water partition coefficient (Wildman–Crippen LogP) is 0.818. The zero-order valence-corrected chi connectivity index (χ0v) is 4.51. The molecule has 0 fully saturated rings. The number of rotatable bonds is 1. The van der Waals surface area contributed by atoms with Crippen molar-refractivity contribution in [1.29, 1.82) is 0 Å². The van der Waals surface area contributed by atoms with E-state index >= 15 is 0 Å². The van der Waals surface area contributed by atoms with E-state index in [1.807, 2.05) is 0 Å². The van der Waals surface area contributed by atoms with Crippen LogP contribution in [0.2, 0.25) is 0 Å². The number of hydrogen-bond donors (Lipinski definition) is 0. The Morgan fingerprint density at radius 2 is 2.17 bits per heavy atom. The second-order valence-corrected chi connectivity index (χ2v) is 1.78. The third-order valence-corrected chi connectivity index (χ3v) is 0.563. The second kappa shape index (κ2) is 2.12. The van der Waals surface area contributed by atoms with Crippen LogP contribution in [0.5, 0.6) is 0 Å². The lowest BCUT2D eigenvalue weighted by Crippen LogP contribution is -2.04. The van der Waals surface area contributed by atoms with Crippen molar-refractivity contribution in [3.05, 3.63) is 17.0 Å². The highest BCUT2D eigenvalue weighted by atomic mass is 79.9. The molecule has 0 aliphatic heterocycles. The van der Waals surface area contributed by atoms with Gasteiger partial charge in [-0.2, -0.15) is 0 Å². The summed E-state index contributed by atoms with van der Waals surface area (Å²) >= 11 is 2.63. The van der Waals surface area contributed by atoms with Gasteiger partial charge >= 0.3 is 0 Å². The summed E-state index contributed by atoms with van der Waals surface area (Å²) in [5.74, 6) is 0. The maximum absolute atomic E-state index is 9.40. The van der Waals surface area contributed by atoms with Gasteiger partial charge in [-0.1, -0.05) is 0 Å². The van der Waals surface area contributed by atoms with Crippen molar-refractivity contribution in [2.24, 2.45) is 0 Å². The summed E-state index contributed by atoms with van der Waals surface area (Å²) in [4.78, 5) is 8.00. The molecule has 6 heavy (non-hydrogen) atoms. The molecule has 0 aromatic heterocycles. The van der Waals surface area contributed by atoms with Crippen molar-refractivity contribution in [3.8, 4) is 0 Å². The molecule has 3 nitrogen and oxygen atoms in total. The molecule has 0 aromatic rings. The first-order valence-electron chi connectivity index (χ1n) is 1.25. The SMILES string of the molecule is [CH2]C(Br)[N+](=O)[O-]. The zero-order valence-electron chi connectivity index (χ0n) is 2.93. The summed E-state index contributed by atoms with van der Waals surface area (Å²) in [5.41, 5.74) is 0. The molecular formula is C2H3BrNO2. The molecule has 1 radical (unpaired) electrons. The first-order chi connectivity index (χ1) is 2.64. The lowest BCUT2D eigenvalue weighted by Gasteiger charge is -1.86. The van der Waals surface area contributed by atoms with Crippen molar-refractivity contribution < 1.29 is 4.92 Å². The van der Waals surface area contributed by atoms with Crippen molar-refractivity contribution >= 4 is 15.9 Å². The van der Waals surface area contributed by atoms with E-state index in [-0.39, 0.29) is 0 Å². The largest absolute Gasteiger partial charge is 0.266 e. The zero-order chi connectivity index (χ0) is 5.15. The molecule has 0 heterocycles. The molecular weight excluding hydrogens is 150 g/mol. The number of halogens is 1. The van der Waals surface area contributed by atoms with Crippen LogP contribution in [0.15, 0.2) is 0 Å². The molecule has 1 unspecified atom stereocenters. The van der Waals surface area contributed by atoms with E-state index in [4.69, 9.17) is 0 Å². The topological polar surface area (TPSA) is 43.1 Å². The van der Waals surface area contributed by atoms with Gasteiger partial charge in [0.2, 0.25) is 0 Å². The third kappa shape index (κ3) is 2.14. The molecule has 0 spiro atoms. The maximum atomic E-state index is 9.40. The van der Waals surface area contributed by atoms with E-state index in [0.29, 0.717) is 0 Å². The van der Waals surface area contributed by atoms with Crippen LogP contribution in [0, 0.1) is 17.0 Å². The van der Waals surface area contributed by atoms with Crippen LogP contribution in [-0.2, 0) is 0 Å². The van der Waals surface area contributed by atoms with Gasteiger partial charge in [0.15, 0.2) is 0 Å². The molecule has 0 bridgehead atoms. The quantitative estimate of drug-likeness (QED) is 0.242. The lowest BCUT2D eigenvalue weighted by atomic mass is 10.8. The van der Waals surface area contributed by atoms with E-state index in [2.05, 4.69) is 22.9 Å². The lowest BCUT2D eigenvalue weighted by molar-refractivity contribution is -0.481. The van der Waals surface area contributed by atoms with Crippen LogP contribution >= 0.6 is 15.9 Å². The average Bonchev–Trinajstić information content (AvgIpc) is 1.36. The minimum absolute atomic E-state index is 0.528. The Hall–Kier alpha value is -0.120. The highest BCUT2D eigenvalue weighted by molar-refractivity contribution is 9.09. The first-order valence-corrected chi connectivity index (χ1v) is 2.17. The van der Waals surface area contributed by atoms with Crippen molar-refractivity contribution in [3.63, 3.8) is 0 Å². The van der Waals surface area contributed by atoms with Gasteiger partial charge in [0.05, 0.1) is 0 Å². The molecule has 0 aliphatic rings. The number of nitrogens with zero attached hydrogens (tertiary/aromatic N) is 1. The van der Waals surface area contributed by atoms with E-state index in [9.17, 15) is 10.1 Å². The number of alkyl halides is 1. The predicted molar refractivity (Wildman–Crippen MR) is 25.1 cm³/mol. The van der Waals surface area contributed by atoms with Crippen LogP contribution in [0.3, 0.4) is 0 Å². The Morgan fingerprint density at radius 3 is 2.17 bits per heavy atom. The van der Waals surface area contributed by atoms with Gasteiger partial charge in [-0.3, -0.25) is 10.1 Å². The van der Waals surface area contributed by atoms with Crippen LogP contribution in [0.25, 0.3) is 0 Å². The third-order valence-electron chi connectivity index (χ3n) is 0.229. The maximum Gasteiger partial charge on any atom is 0.266 e. The fourth-order valence-electron chi connectivity index (χ4n) is 0. The fourth-order valence-corrected chi connectivity index (χ4v) is 0. The minimum atomic E-state index is -0.863. The molecule has 0 amide bonds. The Kier molecular flexibility index (Phi) is 2.08. The fraction of sp³-hybridized carbons (Fsp3) is 0.500. The van der Waals surface area contributed by atoms with E-state index in [0.717, 1.165) is 0 Å². The summed E-state index contributed by atoms with van der Waals surface area (Å²) in [6.07, 6.45) is 0. The Morgan fingerprint density at radius 1 is 2.00 bits per heavy atom. The van der Waals surface area contributed by atoms with Crippen molar-refractivity contribution in [2.75, 3.05) is 0 Å². The normalized spacial score (nSPS) is 13.7. The van der Waals surface area contributed by atoms with E-state index in [1.54, 1.807) is 0 Å².